The van der Waals surface area contributed by atoms with Crippen LogP contribution < -0.4 is 9.73 Å². The molecule has 1 aromatic heterocycles. The minimum Gasteiger partial charge on any atom is -0.318 e. The first-order valence-electron chi connectivity index (χ1n) is 9.66. The molecule has 11 heteroatoms. The van der Waals surface area contributed by atoms with Crippen LogP contribution in [0.4, 0.5) is 10.1 Å². The van der Waals surface area contributed by atoms with E-state index >= 15 is 0 Å². The molecule has 0 saturated carbocycles. The summed E-state index contributed by atoms with van der Waals surface area (Å²) in [6, 6.07) is 12.1. The van der Waals surface area contributed by atoms with E-state index in [0.717, 1.165) is 39.3 Å². The fourth-order valence-electron chi connectivity index (χ4n) is 3.35. The number of nitrogens with zero attached hydrogens (tertiary/aromatic N) is 3. The number of amides is 1. The number of nitrogens with one attached hydrogen (secondary N) is 1. The van der Waals surface area contributed by atoms with Gasteiger partial charge in [0, 0.05) is 32.7 Å². The summed E-state index contributed by atoms with van der Waals surface area (Å²) in [5.74, 6) is -1.30. The predicted molar refractivity (Wildman–Crippen MR) is 130 cm³/mol. The largest absolute Gasteiger partial charge is 0.318 e. The number of sulfonamides is 1. The molecule has 0 aliphatic heterocycles. The lowest BCUT2D eigenvalue weighted by Gasteiger charge is -2.21. The molecule has 1 N–H and O–H groups in total. The molecule has 0 radical (unpaired) electrons. The molecule has 174 valence electrons. The zero-order valence-corrected chi connectivity index (χ0v) is 20.3. The first-order valence-corrected chi connectivity index (χ1v) is 12.3. The SMILES string of the molecule is Cc1cc(/C=N\NC(=O)CN(c2cccc(F)c2)S(C)(=O)=O)c(C)n1-c1cc(Cl)cc(Cl)c1. The Hall–Kier alpha value is -2.88. The summed E-state index contributed by atoms with van der Waals surface area (Å²) in [5, 5.41) is 4.95. The van der Waals surface area contributed by atoms with Gasteiger partial charge in [-0.25, -0.2) is 18.2 Å². The lowest BCUT2D eigenvalue weighted by molar-refractivity contribution is -0.119. The standard InChI is InChI=1S/C22H21Cl2FN4O3S/c1-14-7-16(15(2)29(14)21-9-17(23)8-18(24)10-21)12-26-27-22(30)13-28(33(3,31)32)20-6-4-5-19(25)11-20/h4-12H,13H2,1-3H3,(H,27,30)/b26-12-. The first kappa shape index (κ1) is 24.8. The van der Waals surface area contributed by atoms with Gasteiger partial charge in [0.2, 0.25) is 10.0 Å². The summed E-state index contributed by atoms with van der Waals surface area (Å²) < 4.78 is 40.5. The van der Waals surface area contributed by atoms with Crippen LogP contribution in [0.2, 0.25) is 10.0 Å². The Labute approximate surface area is 201 Å². The van der Waals surface area contributed by atoms with Crippen LogP contribution in [0.5, 0.6) is 0 Å². The number of hydrogen-bond donors (Lipinski definition) is 1. The second-order valence-electron chi connectivity index (χ2n) is 7.33. The quantitative estimate of drug-likeness (QED) is 0.376. The number of halogens is 3. The van der Waals surface area contributed by atoms with Crippen molar-refractivity contribution in [2.75, 3.05) is 17.1 Å². The number of anilines is 1. The molecule has 0 atom stereocenters. The molecule has 0 unspecified atom stereocenters. The average molecular weight is 511 g/mol. The molecular weight excluding hydrogens is 490 g/mol. The fourth-order valence-corrected chi connectivity index (χ4v) is 4.72. The van der Waals surface area contributed by atoms with Gasteiger partial charge in [0.15, 0.2) is 0 Å². The van der Waals surface area contributed by atoms with E-state index in [-0.39, 0.29) is 5.69 Å². The van der Waals surface area contributed by atoms with Gasteiger partial charge in [-0.15, -0.1) is 0 Å². The molecule has 0 bridgehead atoms. The van der Waals surface area contributed by atoms with E-state index in [4.69, 9.17) is 23.2 Å². The zero-order valence-electron chi connectivity index (χ0n) is 18.0. The monoisotopic (exact) mass is 510 g/mol. The maximum Gasteiger partial charge on any atom is 0.260 e. The Morgan fingerprint density at radius 1 is 1.15 bits per heavy atom. The van der Waals surface area contributed by atoms with Crippen LogP contribution in [0.25, 0.3) is 5.69 Å². The van der Waals surface area contributed by atoms with Crippen molar-refractivity contribution in [3.05, 3.63) is 81.3 Å². The number of carbonyl (C=O) groups excluding carboxylic acids is 1. The van der Waals surface area contributed by atoms with Crippen molar-refractivity contribution in [1.82, 2.24) is 9.99 Å². The third kappa shape index (κ3) is 6.13. The molecule has 0 fully saturated rings. The minimum absolute atomic E-state index is 0.0420. The Bertz CT molecular complexity index is 1320. The number of hydrazone groups is 1. The zero-order chi connectivity index (χ0) is 24.3. The summed E-state index contributed by atoms with van der Waals surface area (Å²) in [6.07, 6.45) is 2.39. The Kier molecular flexibility index (Phi) is 7.46. The number of carbonyl (C=O) groups is 1. The van der Waals surface area contributed by atoms with Gasteiger partial charge in [-0.3, -0.25) is 9.10 Å². The van der Waals surface area contributed by atoms with Gasteiger partial charge in [-0.2, -0.15) is 5.10 Å². The molecular formula is C22H21Cl2FN4O3S. The second-order valence-corrected chi connectivity index (χ2v) is 10.1. The highest BCUT2D eigenvalue weighted by atomic mass is 35.5. The molecule has 2 aromatic carbocycles. The Morgan fingerprint density at radius 3 is 2.42 bits per heavy atom. The van der Waals surface area contributed by atoms with E-state index in [2.05, 4.69) is 10.5 Å². The smallest absolute Gasteiger partial charge is 0.260 e. The van der Waals surface area contributed by atoms with Gasteiger partial charge in [-0.1, -0.05) is 29.3 Å². The van der Waals surface area contributed by atoms with Crippen molar-refractivity contribution in [3.63, 3.8) is 0 Å². The van der Waals surface area contributed by atoms with Gasteiger partial charge < -0.3 is 4.57 Å². The normalized spacial score (nSPS) is 11.7. The highest BCUT2D eigenvalue weighted by molar-refractivity contribution is 7.92. The van der Waals surface area contributed by atoms with Crippen molar-refractivity contribution >= 4 is 51.0 Å². The lowest BCUT2D eigenvalue weighted by Crippen LogP contribution is -2.39. The summed E-state index contributed by atoms with van der Waals surface area (Å²) >= 11 is 12.2. The van der Waals surface area contributed by atoms with Gasteiger partial charge in [0.1, 0.15) is 12.4 Å². The number of aryl methyl sites for hydroxylation is 1. The summed E-state index contributed by atoms with van der Waals surface area (Å²) in [5.41, 5.74) is 5.60. The molecule has 33 heavy (non-hydrogen) atoms. The van der Waals surface area contributed by atoms with Crippen LogP contribution in [-0.4, -0.2) is 37.9 Å². The van der Waals surface area contributed by atoms with E-state index in [1.165, 1.54) is 24.4 Å². The van der Waals surface area contributed by atoms with Crippen LogP contribution in [0.1, 0.15) is 17.0 Å². The highest BCUT2D eigenvalue weighted by Gasteiger charge is 2.21. The fraction of sp³-hybridized carbons (Fsp3) is 0.182. The van der Waals surface area contributed by atoms with Crippen molar-refractivity contribution in [2.45, 2.75) is 13.8 Å². The number of hydrogen-bond acceptors (Lipinski definition) is 4. The maximum absolute atomic E-state index is 13.5. The Morgan fingerprint density at radius 2 is 1.82 bits per heavy atom. The van der Waals surface area contributed by atoms with Crippen LogP contribution in [0, 0.1) is 19.7 Å². The first-order chi connectivity index (χ1) is 15.5. The Balaban J connectivity index is 1.76. The third-order valence-corrected chi connectivity index (χ3v) is 6.33. The van der Waals surface area contributed by atoms with Gasteiger partial charge >= 0.3 is 0 Å². The maximum atomic E-state index is 13.5. The molecule has 3 rings (SSSR count). The van der Waals surface area contributed by atoms with Crippen LogP contribution in [0.3, 0.4) is 0 Å². The number of benzene rings is 2. The summed E-state index contributed by atoms with van der Waals surface area (Å²) in [6.45, 7) is 3.22. The van der Waals surface area contributed by atoms with E-state index < -0.39 is 28.3 Å². The minimum atomic E-state index is -3.82. The molecule has 0 saturated heterocycles. The van der Waals surface area contributed by atoms with E-state index in [0.29, 0.717) is 10.0 Å². The third-order valence-electron chi connectivity index (χ3n) is 4.75. The number of rotatable bonds is 7. The van der Waals surface area contributed by atoms with E-state index in [1.807, 2.05) is 24.5 Å². The molecule has 0 aliphatic carbocycles. The van der Waals surface area contributed by atoms with E-state index in [9.17, 15) is 17.6 Å². The summed E-state index contributed by atoms with van der Waals surface area (Å²) in [7, 11) is -3.82. The molecule has 1 heterocycles. The topological polar surface area (TPSA) is 83.8 Å². The molecule has 0 spiro atoms. The molecule has 1 amide bonds. The lowest BCUT2D eigenvalue weighted by atomic mass is 10.2. The van der Waals surface area contributed by atoms with Crippen LogP contribution in [-0.2, 0) is 14.8 Å². The predicted octanol–water partition coefficient (Wildman–Crippen LogP) is 4.46. The molecule has 3 aromatic rings. The van der Waals surface area contributed by atoms with Gasteiger partial charge in [0.05, 0.1) is 18.2 Å². The second kappa shape index (κ2) is 9.94. The molecule has 7 nitrogen and oxygen atoms in total. The number of aromatic nitrogens is 1. The van der Waals surface area contributed by atoms with Crippen molar-refractivity contribution in [1.29, 1.82) is 0 Å². The van der Waals surface area contributed by atoms with Crippen molar-refractivity contribution in [3.8, 4) is 5.69 Å². The average Bonchev–Trinajstić information content (AvgIpc) is 2.97. The van der Waals surface area contributed by atoms with E-state index in [1.54, 1.807) is 18.2 Å². The van der Waals surface area contributed by atoms with Crippen LogP contribution in [0.15, 0.2) is 53.6 Å². The van der Waals surface area contributed by atoms with Crippen molar-refractivity contribution in [2.24, 2.45) is 5.10 Å². The molecule has 0 aliphatic rings. The van der Waals surface area contributed by atoms with Crippen molar-refractivity contribution < 1.29 is 17.6 Å². The van der Waals surface area contributed by atoms with Gasteiger partial charge in [0.25, 0.3) is 5.91 Å². The van der Waals surface area contributed by atoms with Gasteiger partial charge in [-0.05, 0) is 56.3 Å². The summed E-state index contributed by atoms with van der Waals surface area (Å²) in [4.78, 5) is 12.3. The highest BCUT2D eigenvalue weighted by Crippen LogP contribution is 2.26. The van der Waals surface area contributed by atoms with Crippen LogP contribution >= 0.6 is 23.2 Å².